The molecule has 1 saturated heterocycles. The van der Waals surface area contributed by atoms with Gasteiger partial charge in [-0.2, -0.15) is 0 Å². The molecule has 1 amide bonds. The lowest BCUT2D eigenvalue weighted by molar-refractivity contribution is -0.134. The van der Waals surface area contributed by atoms with E-state index in [-0.39, 0.29) is 11.9 Å². The summed E-state index contributed by atoms with van der Waals surface area (Å²) in [5, 5.41) is 0. The van der Waals surface area contributed by atoms with Crippen LogP contribution in [0.5, 0.6) is 0 Å². The third-order valence-corrected chi connectivity index (χ3v) is 2.89. The summed E-state index contributed by atoms with van der Waals surface area (Å²) in [5.41, 5.74) is 5.81. The fourth-order valence-electron chi connectivity index (χ4n) is 2.06. The van der Waals surface area contributed by atoms with Gasteiger partial charge in [-0.15, -0.1) is 0 Å². The molecule has 0 aliphatic carbocycles. The van der Waals surface area contributed by atoms with Crippen LogP contribution in [-0.2, 0) is 4.79 Å². The molecule has 1 unspecified atom stereocenters. The van der Waals surface area contributed by atoms with Crippen molar-refractivity contribution < 1.29 is 4.79 Å². The first-order valence-corrected chi connectivity index (χ1v) is 5.69. The van der Waals surface area contributed by atoms with E-state index in [9.17, 15) is 4.79 Å². The minimum Gasteiger partial charge on any atom is -0.341 e. The number of piperidine rings is 1. The van der Waals surface area contributed by atoms with Gasteiger partial charge in [0.15, 0.2) is 0 Å². The summed E-state index contributed by atoms with van der Waals surface area (Å²) >= 11 is 0. The van der Waals surface area contributed by atoms with Gasteiger partial charge in [0.05, 0.1) is 6.04 Å². The third-order valence-electron chi connectivity index (χ3n) is 2.89. The summed E-state index contributed by atoms with van der Waals surface area (Å²) in [6.45, 7) is 6.06. The second kappa shape index (κ2) is 5.35. The molecule has 2 N–H and O–H groups in total. The van der Waals surface area contributed by atoms with Crippen LogP contribution in [0, 0.1) is 5.92 Å². The van der Waals surface area contributed by atoms with Gasteiger partial charge >= 0.3 is 0 Å². The lowest BCUT2D eigenvalue weighted by Crippen LogP contribution is -2.47. The van der Waals surface area contributed by atoms with Crippen LogP contribution in [-0.4, -0.2) is 29.9 Å². The van der Waals surface area contributed by atoms with Crippen LogP contribution >= 0.6 is 0 Å². The first-order chi connectivity index (χ1) is 6.65. The van der Waals surface area contributed by atoms with E-state index >= 15 is 0 Å². The quantitative estimate of drug-likeness (QED) is 0.744. The summed E-state index contributed by atoms with van der Waals surface area (Å²) in [5.74, 6) is 0.792. The molecule has 0 aromatic heterocycles. The van der Waals surface area contributed by atoms with Gasteiger partial charge in [-0.3, -0.25) is 4.79 Å². The molecular formula is C11H22N2O. The first kappa shape index (κ1) is 11.5. The van der Waals surface area contributed by atoms with Crippen LogP contribution in [0.4, 0.5) is 0 Å². The zero-order valence-electron chi connectivity index (χ0n) is 9.33. The van der Waals surface area contributed by atoms with E-state index in [2.05, 4.69) is 13.8 Å². The van der Waals surface area contributed by atoms with Crippen molar-refractivity contribution in [3.63, 3.8) is 0 Å². The Balaban J connectivity index is 2.42. The molecule has 3 heteroatoms. The molecule has 82 valence electrons. The highest BCUT2D eigenvalue weighted by Gasteiger charge is 2.24. The Morgan fingerprint density at radius 3 is 2.93 bits per heavy atom. The molecule has 1 rings (SSSR count). The summed E-state index contributed by atoms with van der Waals surface area (Å²) in [6, 6.07) is -0.273. The molecule has 1 aliphatic heterocycles. The van der Waals surface area contributed by atoms with Crippen molar-refractivity contribution in [1.29, 1.82) is 0 Å². The molecule has 0 aromatic carbocycles. The van der Waals surface area contributed by atoms with E-state index in [1.165, 1.54) is 6.42 Å². The van der Waals surface area contributed by atoms with Crippen molar-refractivity contribution in [1.82, 2.24) is 4.90 Å². The largest absolute Gasteiger partial charge is 0.341 e. The SMILES string of the molecule is CCC[C@H](N)C(=O)N1CCCC(C)C1. The standard InChI is InChI=1S/C11H22N2O/c1-3-5-10(12)11(14)13-7-4-6-9(2)8-13/h9-10H,3-8,12H2,1-2H3/t9?,10-/m0/s1. The van der Waals surface area contributed by atoms with Crippen molar-refractivity contribution >= 4 is 5.91 Å². The Morgan fingerprint density at radius 2 is 2.36 bits per heavy atom. The predicted molar refractivity (Wildman–Crippen MR) is 57.9 cm³/mol. The maximum atomic E-state index is 11.8. The Labute approximate surface area is 86.6 Å². The lowest BCUT2D eigenvalue weighted by atomic mass is 9.99. The zero-order chi connectivity index (χ0) is 10.6. The zero-order valence-corrected chi connectivity index (χ0v) is 9.33. The van der Waals surface area contributed by atoms with Crippen molar-refractivity contribution in [3.8, 4) is 0 Å². The molecule has 14 heavy (non-hydrogen) atoms. The van der Waals surface area contributed by atoms with Gasteiger partial charge < -0.3 is 10.6 Å². The summed E-state index contributed by atoms with van der Waals surface area (Å²) in [7, 11) is 0. The summed E-state index contributed by atoms with van der Waals surface area (Å²) < 4.78 is 0. The van der Waals surface area contributed by atoms with Gasteiger partial charge in [0.1, 0.15) is 0 Å². The predicted octanol–water partition coefficient (Wildman–Crippen LogP) is 1.37. The molecule has 0 radical (unpaired) electrons. The molecule has 0 bridgehead atoms. The summed E-state index contributed by atoms with van der Waals surface area (Å²) in [6.07, 6.45) is 4.17. The Kier molecular flexibility index (Phi) is 4.39. The highest BCUT2D eigenvalue weighted by atomic mass is 16.2. The van der Waals surface area contributed by atoms with E-state index in [1.807, 2.05) is 4.90 Å². The molecule has 1 aliphatic rings. The number of hydrogen-bond donors (Lipinski definition) is 1. The van der Waals surface area contributed by atoms with Gasteiger partial charge in [-0.1, -0.05) is 20.3 Å². The van der Waals surface area contributed by atoms with Crippen LogP contribution in [0.3, 0.4) is 0 Å². The molecule has 1 fully saturated rings. The molecule has 0 aromatic rings. The Bertz CT molecular complexity index is 194. The number of carbonyl (C=O) groups excluding carboxylic acids is 1. The van der Waals surface area contributed by atoms with Crippen molar-refractivity contribution in [3.05, 3.63) is 0 Å². The topological polar surface area (TPSA) is 46.3 Å². The average Bonchev–Trinajstić information content (AvgIpc) is 2.17. The molecular weight excluding hydrogens is 176 g/mol. The molecule has 2 atom stereocenters. The van der Waals surface area contributed by atoms with E-state index in [0.717, 1.165) is 32.4 Å². The molecule has 0 saturated carbocycles. The fourth-order valence-corrected chi connectivity index (χ4v) is 2.06. The molecule has 1 heterocycles. The number of carbonyl (C=O) groups is 1. The number of nitrogens with two attached hydrogens (primary N) is 1. The maximum absolute atomic E-state index is 11.8. The first-order valence-electron chi connectivity index (χ1n) is 5.69. The van der Waals surface area contributed by atoms with Crippen molar-refractivity contribution in [2.45, 2.75) is 45.6 Å². The number of likely N-dealkylation sites (tertiary alicyclic amines) is 1. The van der Waals surface area contributed by atoms with Gasteiger partial charge in [-0.25, -0.2) is 0 Å². The lowest BCUT2D eigenvalue weighted by Gasteiger charge is -2.32. The molecule has 0 spiro atoms. The number of nitrogens with zero attached hydrogens (tertiary/aromatic N) is 1. The minimum absolute atomic E-state index is 0.151. The van der Waals surface area contributed by atoms with E-state index in [0.29, 0.717) is 5.92 Å². The second-order valence-corrected chi connectivity index (χ2v) is 4.43. The van der Waals surface area contributed by atoms with E-state index < -0.39 is 0 Å². The highest BCUT2D eigenvalue weighted by molar-refractivity contribution is 5.81. The van der Waals surface area contributed by atoms with Gasteiger partial charge in [0.2, 0.25) is 5.91 Å². The fraction of sp³-hybridized carbons (Fsp3) is 0.909. The van der Waals surface area contributed by atoms with Crippen LogP contribution in [0.2, 0.25) is 0 Å². The number of rotatable bonds is 3. The van der Waals surface area contributed by atoms with Gasteiger partial charge in [0.25, 0.3) is 0 Å². The van der Waals surface area contributed by atoms with Gasteiger partial charge in [-0.05, 0) is 25.2 Å². The Morgan fingerprint density at radius 1 is 1.64 bits per heavy atom. The van der Waals surface area contributed by atoms with Gasteiger partial charge in [0, 0.05) is 13.1 Å². The third kappa shape index (κ3) is 2.98. The van der Waals surface area contributed by atoms with Crippen LogP contribution in [0.1, 0.15) is 39.5 Å². The normalized spacial score (nSPS) is 24.8. The number of amides is 1. The monoisotopic (exact) mass is 198 g/mol. The summed E-state index contributed by atoms with van der Waals surface area (Å²) in [4.78, 5) is 13.8. The second-order valence-electron chi connectivity index (χ2n) is 4.43. The van der Waals surface area contributed by atoms with Crippen molar-refractivity contribution in [2.75, 3.05) is 13.1 Å². The highest BCUT2D eigenvalue weighted by Crippen LogP contribution is 2.16. The smallest absolute Gasteiger partial charge is 0.239 e. The van der Waals surface area contributed by atoms with Crippen LogP contribution in [0.25, 0.3) is 0 Å². The van der Waals surface area contributed by atoms with E-state index in [1.54, 1.807) is 0 Å². The Hall–Kier alpha value is -0.570. The number of hydrogen-bond acceptors (Lipinski definition) is 2. The van der Waals surface area contributed by atoms with Crippen LogP contribution < -0.4 is 5.73 Å². The average molecular weight is 198 g/mol. The molecule has 3 nitrogen and oxygen atoms in total. The van der Waals surface area contributed by atoms with Crippen molar-refractivity contribution in [2.24, 2.45) is 11.7 Å². The van der Waals surface area contributed by atoms with Crippen LogP contribution in [0.15, 0.2) is 0 Å². The maximum Gasteiger partial charge on any atom is 0.239 e. The minimum atomic E-state index is -0.273. The van der Waals surface area contributed by atoms with E-state index in [4.69, 9.17) is 5.73 Å².